The number of benzene rings is 2. The Morgan fingerprint density at radius 3 is 2.08 bits per heavy atom. The fourth-order valence-corrected chi connectivity index (χ4v) is 3.58. The number of piperidine rings is 1. The van der Waals surface area contributed by atoms with Crippen LogP contribution in [0.4, 0.5) is 0 Å². The molecule has 2 aliphatic rings. The van der Waals surface area contributed by atoms with Gasteiger partial charge in [-0.1, -0.05) is 49.0 Å². The van der Waals surface area contributed by atoms with Gasteiger partial charge in [0.1, 0.15) is 6.04 Å². The lowest BCUT2D eigenvalue weighted by atomic mass is 9.99. The predicted octanol–water partition coefficient (Wildman–Crippen LogP) is 2.99. The summed E-state index contributed by atoms with van der Waals surface area (Å²) in [5, 5.41) is 0. The van der Waals surface area contributed by atoms with E-state index in [0.717, 1.165) is 10.5 Å². The maximum atomic E-state index is 13.1. The average molecular weight is 346 g/mol. The van der Waals surface area contributed by atoms with Crippen molar-refractivity contribution in [3.05, 3.63) is 83.6 Å². The molecular weight excluding hydrogens is 328 g/mol. The molecule has 1 fully saturated rings. The van der Waals surface area contributed by atoms with Gasteiger partial charge < -0.3 is 4.90 Å². The van der Waals surface area contributed by atoms with Crippen LogP contribution in [0.25, 0.3) is 0 Å². The molecule has 4 rings (SSSR count). The molecular formula is C21H18N2O3. The van der Waals surface area contributed by atoms with Crippen molar-refractivity contribution in [1.29, 1.82) is 0 Å². The van der Waals surface area contributed by atoms with Crippen molar-refractivity contribution >= 4 is 17.7 Å². The molecule has 2 heterocycles. The highest BCUT2D eigenvalue weighted by Gasteiger charge is 2.45. The van der Waals surface area contributed by atoms with E-state index >= 15 is 0 Å². The fourth-order valence-electron chi connectivity index (χ4n) is 3.58. The average Bonchev–Trinajstić information content (AvgIpc) is 2.91. The van der Waals surface area contributed by atoms with E-state index in [0.29, 0.717) is 36.2 Å². The Kier molecular flexibility index (Phi) is 3.92. The van der Waals surface area contributed by atoms with Crippen molar-refractivity contribution < 1.29 is 14.4 Å². The highest BCUT2D eigenvalue weighted by Crippen LogP contribution is 2.31. The minimum atomic E-state index is -0.781. The number of hydrogen-bond donors (Lipinski definition) is 0. The molecule has 0 aliphatic carbocycles. The molecule has 0 N–H and O–H groups in total. The molecule has 0 spiro atoms. The number of amides is 3. The Morgan fingerprint density at radius 2 is 1.46 bits per heavy atom. The van der Waals surface area contributed by atoms with Gasteiger partial charge in [-0.15, -0.1) is 0 Å². The smallest absolute Gasteiger partial charge is 0.262 e. The van der Waals surface area contributed by atoms with Gasteiger partial charge >= 0.3 is 0 Å². The zero-order valence-corrected chi connectivity index (χ0v) is 14.2. The van der Waals surface area contributed by atoms with Crippen LogP contribution in [0.2, 0.25) is 0 Å². The van der Waals surface area contributed by atoms with Crippen LogP contribution < -0.4 is 0 Å². The first kappa shape index (κ1) is 16.3. The molecule has 0 bridgehead atoms. The van der Waals surface area contributed by atoms with Gasteiger partial charge in [-0.2, -0.15) is 0 Å². The van der Waals surface area contributed by atoms with Crippen molar-refractivity contribution in [2.75, 3.05) is 0 Å². The molecule has 0 radical (unpaired) electrons. The number of likely N-dealkylation sites (tertiary alicyclic amines) is 1. The lowest BCUT2D eigenvalue weighted by molar-refractivity contribution is -0.136. The Bertz CT molecular complexity index is 885. The Balaban J connectivity index is 1.62. The van der Waals surface area contributed by atoms with Gasteiger partial charge in [-0.05, 0) is 30.5 Å². The van der Waals surface area contributed by atoms with E-state index in [1.165, 1.54) is 0 Å². The quantitative estimate of drug-likeness (QED) is 0.803. The van der Waals surface area contributed by atoms with Crippen LogP contribution in [-0.4, -0.2) is 33.6 Å². The summed E-state index contributed by atoms with van der Waals surface area (Å²) in [6, 6.07) is 15.5. The Labute approximate surface area is 151 Å². The summed E-state index contributed by atoms with van der Waals surface area (Å²) < 4.78 is 0. The third-order valence-electron chi connectivity index (χ3n) is 4.96. The number of allylic oxidation sites excluding steroid dienone is 1. The predicted molar refractivity (Wildman–Crippen MR) is 96.1 cm³/mol. The van der Waals surface area contributed by atoms with Gasteiger partial charge in [0.05, 0.1) is 17.7 Å². The fraction of sp³-hybridized carbons (Fsp3) is 0.190. The summed E-state index contributed by atoms with van der Waals surface area (Å²) in [5.74, 6) is -1.04. The SMILES string of the molecule is C=C1CCC(N2C(=O)c3ccccc3C2=O)C(=O)N1Cc1ccccc1. The van der Waals surface area contributed by atoms with E-state index in [2.05, 4.69) is 6.58 Å². The zero-order chi connectivity index (χ0) is 18.3. The van der Waals surface area contributed by atoms with Crippen molar-refractivity contribution in [3.8, 4) is 0 Å². The molecule has 0 aromatic heterocycles. The lowest BCUT2D eigenvalue weighted by Crippen LogP contribution is -2.53. The second-order valence-corrected chi connectivity index (χ2v) is 6.56. The second-order valence-electron chi connectivity index (χ2n) is 6.56. The largest absolute Gasteiger partial charge is 0.311 e. The van der Waals surface area contributed by atoms with Gasteiger partial charge in [-0.25, -0.2) is 0 Å². The van der Waals surface area contributed by atoms with Gasteiger partial charge in [0, 0.05) is 5.70 Å². The molecule has 0 saturated carbocycles. The number of hydrogen-bond acceptors (Lipinski definition) is 3. The first-order valence-corrected chi connectivity index (χ1v) is 8.58. The van der Waals surface area contributed by atoms with Crippen LogP contribution >= 0.6 is 0 Å². The standard InChI is InChI=1S/C21H18N2O3/c1-14-11-12-18(21(26)22(14)13-15-7-3-2-4-8-15)23-19(24)16-9-5-6-10-17(16)20(23)25/h2-10,18H,1,11-13H2. The van der Waals surface area contributed by atoms with Crippen LogP contribution in [0.15, 0.2) is 66.9 Å². The van der Waals surface area contributed by atoms with Crippen molar-refractivity contribution in [2.24, 2.45) is 0 Å². The summed E-state index contributed by atoms with van der Waals surface area (Å²) in [7, 11) is 0. The van der Waals surface area contributed by atoms with Crippen molar-refractivity contribution in [2.45, 2.75) is 25.4 Å². The van der Waals surface area contributed by atoms with E-state index in [9.17, 15) is 14.4 Å². The first-order chi connectivity index (χ1) is 12.6. The molecule has 2 aliphatic heterocycles. The molecule has 5 nitrogen and oxygen atoms in total. The number of fused-ring (bicyclic) bond motifs is 1. The number of rotatable bonds is 3. The van der Waals surface area contributed by atoms with Gasteiger partial charge in [-0.3, -0.25) is 19.3 Å². The van der Waals surface area contributed by atoms with Crippen LogP contribution in [-0.2, 0) is 11.3 Å². The molecule has 2 aromatic carbocycles. The highest BCUT2D eigenvalue weighted by molar-refractivity contribution is 6.22. The van der Waals surface area contributed by atoms with Gasteiger partial charge in [0.25, 0.3) is 11.8 Å². The molecule has 2 aromatic rings. The third kappa shape index (κ3) is 2.52. The van der Waals surface area contributed by atoms with Crippen LogP contribution in [0, 0.1) is 0 Å². The van der Waals surface area contributed by atoms with E-state index in [1.54, 1.807) is 29.2 Å². The Morgan fingerprint density at radius 1 is 0.885 bits per heavy atom. The van der Waals surface area contributed by atoms with Crippen LogP contribution in [0.5, 0.6) is 0 Å². The van der Waals surface area contributed by atoms with Gasteiger partial charge in [0.15, 0.2) is 0 Å². The number of imide groups is 1. The van der Waals surface area contributed by atoms with E-state index < -0.39 is 17.9 Å². The lowest BCUT2D eigenvalue weighted by Gasteiger charge is -2.37. The number of nitrogens with zero attached hydrogens (tertiary/aromatic N) is 2. The number of carbonyl (C=O) groups is 3. The third-order valence-corrected chi connectivity index (χ3v) is 4.96. The Hall–Kier alpha value is -3.21. The summed E-state index contributed by atoms with van der Waals surface area (Å²) >= 11 is 0. The first-order valence-electron chi connectivity index (χ1n) is 8.58. The van der Waals surface area contributed by atoms with Crippen LogP contribution in [0.1, 0.15) is 39.1 Å². The summed E-state index contributed by atoms with van der Waals surface area (Å²) in [4.78, 5) is 41.2. The highest BCUT2D eigenvalue weighted by atomic mass is 16.2. The minimum absolute atomic E-state index is 0.250. The monoisotopic (exact) mass is 346 g/mol. The molecule has 1 saturated heterocycles. The van der Waals surface area contributed by atoms with E-state index in [-0.39, 0.29) is 5.91 Å². The molecule has 5 heteroatoms. The molecule has 26 heavy (non-hydrogen) atoms. The molecule has 1 atom stereocenters. The summed E-state index contributed by atoms with van der Waals surface area (Å²) in [6.07, 6.45) is 0.977. The minimum Gasteiger partial charge on any atom is -0.311 e. The van der Waals surface area contributed by atoms with Crippen molar-refractivity contribution in [3.63, 3.8) is 0 Å². The summed E-state index contributed by atoms with van der Waals surface area (Å²) in [5.41, 5.74) is 2.42. The van der Waals surface area contributed by atoms with Gasteiger partial charge in [0.2, 0.25) is 5.91 Å². The molecule has 3 amide bonds. The van der Waals surface area contributed by atoms with E-state index in [4.69, 9.17) is 0 Å². The second kappa shape index (κ2) is 6.26. The summed E-state index contributed by atoms with van der Waals surface area (Å²) in [6.45, 7) is 4.38. The maximum Gasteiger partial charge on any atom is 0.262 e. The van der Waals surface area contributed by atoms with Crippen LogP contribution in [0.3, 0.4) is 0 Å². The molecule has 1 unspecified atom stereocenters. The maximum absolute atomic E-state index is 13.1. The zero-order valence-electron chi connectivity index (χ0n) is 14.2. The number of carbonyl (C=O) groups excluding carboxylic acids is 3. The van der Waals surface area contributed by atoms with E-state index in [1.807, 2.05) is 30.3 Å². The van der Waals surface area contributed by atoms with Crippen molar-refractivity contribution in [1.82, 2.24) is 9.80 Å². The topological polar surface area (TPSA) is 57.7 Å². The normalized spacial score (nSPS) is 19.9. The molecule has 130 valence electrons.